The van der Waals surface area contributed by atoms with Crippen LogP contribution in [0.2, 0.25) is 0 Å². The number of para-hydroxylation sites is 1. The third-order valence-electron chi connectivity index (χ3n) is 5.39. The fourth-order valence-electron chi connectivity index (χ4n) is 3.53. The summed E-state index contributed by atoms with van der Waals surface area (Å²) in [6.07, 6.45) is 0.421. The van der Waals surface area contributed by atoms with E-state index in [0.29, 0.717) is 32.0 Å². The normalized spacial score (nSPS) is 16.6. The lowest BCUT2D eigenvalue weighted by atomic mass is 10.2. The molecule has 0 bridgehead atoms. The summed E-state index contributed by atoms with van der Waals surface area (Å²) in [4.78, 5) is 19.1. The van der Waals surface area contributed by atoms with Crippen LogP contribution in [0.3, 0.4) is 0 Å². The van der Waals surface area contributed by atoms with Crippen LogP contribution in [-0.4, -0.2) is 39.2 Å². The van der Waals surface area contributed by atoms with Crippen LogP contribution in [0, 0.1) is 6.92 Å². The van der Waals surface area contributed by atoms with E-state index in [-0.39, 0.29) is 11.9 Å². The maximum Gasteiger partial charge on any atom is 0.229 e. The largest absolute Gasteiger partial charge is 0.351 e. The molecule has 1 amide bonds. The second-order valence-corrected chi connectivity index (χ2v) is 7.61. The molecule has 4 rings (SSSR count). The first-order valence-electron chi connectivity index (χ1n) is 10.4. The summed E-state index contributed by atoms with van der Waals surface area (Å²) in [6.45, 7) is 3.54. The number of hydrogen-bond acceptors (Lipinski definition) is 4. The van der Waals surface area contributed by atoms with Crippen LogP contribution in [0.1, 0.15) is 23.6 Å². The summed E-state index contributed by atoms with van der Waals surface area (Å²) in [5.41, 5.74) is 2.04. The number of aromatic nitrogens is 3. The highest BCUT2D eigenvalue weighted by atomic mass is 16.2. The van der Waals surface area contributed by atoms with Gasteiger partial charge in [-0.2, -0.15) is 0 Å². The van der Waals surface area contributed by atoms with Gasteiger partial charge in [0.2, 0.25) is 5.91 Å². The van der Waals surface area contributed by atoms with Gasteiger partial charge in [-0.3, -0.25) is 4.79 Å². The van der Waals surface area contributed by atoms with E-state index in [2.05, 4.69) is 20.8 Å². The van der Waals surface area contributed by atoms with Crippen LogP contribution < -0.4 is 15.5 Å². The zero-order valence-electron chi connectivity index (χ0n) is 17.8. The average molecular weight is 418 g/mol. The number of carbonyl (C=O) groups excluding carboxylic acids is 1. The quantitative estimate of drug-likeness (QED) is 0.474. The molecular formula is C23H27N7O. The molecule has 0 spiro atoms. The van der Waals surface area contributed by atoms with Gasteiger partial charge < -0.3 is 20.1 Å². The summed E-state index contributed by atoms with van der Waals surface area (Å²) in [5, 5.41) is 15.1. The van der Waals surface area contributed by atoms with Gasteiger partial charge in [0.15, 0.2) is 11.8 Å². The fraction of sp³-hybridized carbons (Fsp3) is 0.304. The van der Waals surface area contributed by atoms with E-state index in [9.17, 15) is 4.79 Å². The summed E-state index contributed by atoms with van der Waals surface area (Å²) >= 11 is 0. The highest BCUT2D eigenvalue weighted by Crippen LogP contribution is 2.21. The molecule has 0 radical (unpaired) electrons. The number of nitrogens with zero attached hydrogens (tertiary/aromatic N) is 5. The maximum absolute atomic E-state index is 12.6. The number of benzene rings is 2. The van der Waals surface area contributed by atoms with Crippen molar-refractivity contribution in [2.24, 2.45) is 12.0 Å². The van der Waals surface area contributed by atoms with Crippen LogP contribution in [0.15, 0.2) is 65.7 Å². The van der Waals surface area contributed by atoms with Gasteiger partial charge in [0.05, 0.1) is 19.1 Å². The van der Waals surface area contributed by atoms with Gasteiger partial charge in [0.1, 0.15) is 5.82 Å². The van der Waals surface area contributed by atoms with Crippen molar-refractivity contribution in [2.45, 2.75) is 32.5 Å². The van der Waals surface area contributed by atoms with Crippen molar-refractivity contribution >= 4 is 17.6 Å². The Morgan fingerprint density at radius 3 is 2.48 bits per heavy atom. The molecule has 2 aromatic carbocycles. The molecule has 8 heteroatoms. The molecule has 31 heavy (non-hydrogen) atoms. The lowest BCUT2D eigenvalue weighted by Gasteiger charge is -2.19. The van der Waals surface area contributed by atoms with Gasteiger partial charge in [-0.1, -0.05) is 48.5 Å². The number of amides is 1. The highest BCUT2D eigenvalue weighted by molar-refractivity contribution is 5.97. The Morgan fingerprint density at radius 2 is 1.81 bits per heavy atom. The number of nitrogens with one attached hydrogen (secondary N) is 2. The van der Waals surface area contributed by atoms with Gasteiger partial charge in [-0.15, -0.1) is 10.2 Å². The van der Waals surface area contributed by atoms with E-state index >= 15 is 0 Å². The number of hydrogen-bond donors (Lipinski definition) is 2. The average Bonchev–Trinajstić information content (AvgIpc) is 3.33. The fourth-order valence-corrected chi connectivity index (χ4v) is 3.53. The smallest absolute Gasteiger partial charge is 0.229 e. The maximum atomic E-state index is 12.6. The summed E-state index contributed by atoms with van der Waals surface area (Å²) in [6, 6.07) is 19.8. The van der Waals surface area contributed by atoms with Gasteiger partial charge >= 0.3 is 0 Å². The number of aryl methyl sites for hydroxylation is 1. The minimum Gasteiger partial charge on any atom is -0.351 e. The van der Waals surface area contributed by atoms with Crippen LogP contribution in [0.4, 0.5) is 5.69 Å². The molecule has 1 unspecified atom stereocenters. The Morgan fingerprint density at radius 1 is 1.10 bits per heavy atom. The molecule has 3 aromatic rings. The molecule has 0 aliphatic carbocycles. The molecule has 1 fully saturated rings. The van der Waals surface area contributed by atoms with E-state index in [4.69, 9.17) is 4.99 Å². The molecular weight excluding hydrogens is 390 g/mol. The molecule has 1 saturated heterocycles. The van der Waals surface area contributed by atoms with Crippen LogP contribution in [0.5, 0.6) is 0 Å². The van der Waals surface area contributed by atoms with Crippen molar-refractivity contribution in [3.63, 3.8) is 0 Å². The molecule has 1 atom stereocenters. The predicted octanol–water partition coefficient (Wildman–Crippen LogP) is 2.16. The Bertz CT molecular complexity index is 1050. The minimum atomic E-state index is -0.0315. The lowest BCUT2D eigenvalue weighted by molar-refractivity contribution is -0.117. The van der Waals surface area contributed by atoms with Crippen molar-refractivity contribution in [2.75, 3.05) is 11.4 Å². The zero-order chi connectivity index (χ0) is 21.6. The zero-order valence-corrected chi connectivity index (χ0v) is 17.8. The molecule has 8 nitrogen and oxygen atoms in total. The van der Waals surface area contributed by atoms with Gasteiger partial charge in [-0.25, -0.2) is 4.99 Å². The number of aliphatic imine (C=N–C) groups is 1. The summed E-state index contributed by atoms with van der Waals surface area (Å²) in [5.74, 6) is 2.43. The molecule has 1 aliphatic heterocycles. The number of carbonyl (C=O) groups is 1. The molecule has 1 aliphatic rings. The second-order valence-electron chi connectivity index (χ2n) is 7.61. The van der Waals surface area contributed by atoms with Gasteiger partial charge in [0, 0.05) is 25.7 Å². The van der Waals surface area contributed by atoms with Crippen molar-refractivity contribution in [1.82, 2.24) is 25.4 Å². The number of anilines is 1. The summed E-state index contributed by atoms with van der Waals surface area (Å²) < 4.78 is 1.94. The second kappa shape index (κ2) is 9.42. The van der Waals surface area contributed by atoms with E-state index in [1.807, 2.05) is 84.1 Å². The Kier molecular flexibility index (Phi) is 6.26. The van der Waals surface area contributed by atoms with Crippen molar-refractivity contribution < 1.29 is 4.79 Å². The first-order valence-corrected chi connectivity index (χ1v) is 10.4. The summed E-state index contributed by atoms with van der Waals surface area (Å²) in [7, 11) is 1.94. The topological polar surface area (TPSA) is 87.4 Å². The van der Waals surface area contributed by atoms with E-state index in [1.54, 1.807) is 0 Å². The number of guanidine groups is 1. The Labute approximate surface area is 182 Å². The highest BCUT2D eigenvalue weighted by Gasteiger charge is 2.31. The predicted molar refractivity (Wildman–Crippen MR) is 120 cm³/mol. The van der Waals surface area contributed by atoms with E-state index < -0.39 is 0 Å². The van der Waals surface area contributed by atoms with Crippen molar-refractivity contribution in [3.05, 3.63) is 77.9 Å². The standard InChI is InChI=1S/C23H27N7O/c1-17-27-28-21(29(17)2)15-25-23(24-14-18-9-5-3-6-10-18)26-19-13-22(31)30(16-19)20-11-7-4-8-12-20/h3-12,19H,13-16H2,1-2H3,(H2,24,25,26). The minimum absolute atomic E-state index is 0.0315. The molecule has 1 aromatic heterocycles. The first kappa shape index (κ1) is 20.6. The first-order chi connectivity index (χ1) is 15.1. The monoisotopic (exact) mass is 417 g/mol. The molecule has 2 N–H and O–H groups in total. The lowest BCUT2D eigenvalue weighted by Crippen LogP contribution is -2.44. The van der Waals surface area contributed by atoms with Crippen molar-refractivity contribution in [3.8, 4) is 0 Å². The van der Waals surface area contributed by atoms with Gasteiger partial charge in [0.25, 0.3) is 0 Å². The van der Waals surface area contributed by atoms with Crippen LogP contribution >= 0.6 is 0 Å². The molecule has 0 saturated carbocycles. The van der Waals surface area contributed by atoms with Crippen LogP contribution in [0.25, 0.3) is 0 Å². The third kappa shape index (κ3) is 5.09. The molecule has 2 heterocycles. The van der Waals surface area contributed by atoms with Crippen LogP contribution in [-0.2, 0) is 24.9 Å². The van der Waals surface area contributed by atoms with Crippen molar-refractivity contribution in [1.29, 1.82) is 0 Å². The third-order valence-corrected chi connectivity index (χ3v) is 5.39. The van der Waals surface area contributed by atoms with E-state index in [1.165, 1.54) is 0 Å². The van der Waals surface area contributed by atoms with Gasteiger partial charge in [-0.05, 0) is 24.6 Å². The Balaban J connectivity index is 1.46. The SMILES string of the molecule is Cc1nnc(CNC(=NCc2ccccc2)NC2CC(=O)N(c3ccccc3)C2)n1C. The Hall–Kier alpha value is -3.68. The number of rotatable bonds is 6. The van der Waals surface area contributed by atoms with E-state index in [0.717, 1.165) is 22.9 Å². The molecule has 160 valence electrons.